The Labute approximate surface area is 187 Å². The van der Waals surface area contributed by atoms with E-state index in [1.165, 1.54) is 18.2 Å². The van der Waals surface area contributed by atoms with Crippen molar-refractivity contribution >= 4 is 29.3 Å². The number of rotatable bonds is 6. The van der Waals surface area contributed by atoms with Crippen LogP contribution >= 0.6 is 11.6 Å². The Kier molecular flexibility index (Phi) is 7.18. The van der Waals surface area contributed by atoms with Gasteiger partial charge in [-0.05, 0) is 59.7 Å². The lowest BCUT2D eigenvalue weighted by Gasteiger charge is -2.09. The minimum absolute atomic E-state index is 0.0584. The van der Waals surface area contributed by atoms with Gasteiger partial charge in [-0.1, -0.05) is 41.9 Å². The molecule has 0 bridgehead atoms. The molecule has 162 valence electrons. The zero-order valence-corrected chi connectivity index (χ0v) is 17.2. The summed E-state index contributed by atoms with van der Waals surface area (Å²) in [6.07, 6.45) is -3.20. The highest BCUT2D eigenvalue weighted by molar-refractivity contribution is 6.30. The van der Waals surface area contributed by atoms with E-state index in [2.05, 4.69) is 5.32 Å². The Morgan fingerprint density at radius 3 is 2.38 bits per heavy atom. The van der Waals surface area contributed by atoms with Gasteiger partial charge < -0.3 is 10.1 Å². The smallest absolute Gasteiger partial charge is 0.416 e. The lowest BCUT2D eigenvalue weighted by molar-refractivity contribution is -0.137. The molecule has 0 aliphatic heterocycles. The highest BCUT2D eigenvalue weighted by Gasteiger charge is 2.30. The van der Waals surface area contributed by atoms with Crippen LogP contribution in [0.1, 0.15) is 16.7 Å². The number of anilines is 1. The average Bonchev–Trinajstić information content (AvgIpc) is 2.77. The van der Waals surface area contributed by atoms with Gasteiger partial charge in [-0.15, -0.1) is 0 Å². The van der Waals surface area contributed by atoms with Crippen LogP contribution in [0.5, 0.6) is 5.75 Å². The second-order valence-electron chi connectivity index (χ2n) is 6.69. The number of carbonyl (C=O) groups excluding carboxylic acids is 1. The first-order chi connectivity index (χ1) is 15.2. The lowest BCUT2D eigenvalue weighted by Crippen LogP contribution is -2.14. The molecule has 0 fully saturated rings. The first kappa shape index (κ1) is 22.9. The zero-order chi connectivity index (χ0) is 23.1. The quantitative estimate of drug-likeness (QED) is 0.341. The van der Waals surface area contributed by atoms with Crippen molar-refractivity contribution in [2.24, 2.45) is 0 Å². The summed E-state index contributed by atoms with van der Waals surface area (Å²) < 4.78 is 44.2. The third-order valence-corrected chi connectivity index (χ3v) is 4.57. The monoisotopic (exact) mass is 456 g/mol. The van der Waals surface area contributed by atoms with Gasteiger partial charge in [0.2, 0.25) is 0 Å². The van der Waals surface area contributed by atoms with E-state index >= 15 is 0 Å². The SMILES string of the molecule is N#C/C(=C\c1ccc(OCc2ccc(Cl)cc2)cc1)C(=O)Nc1cccc(C(F)(F)F)c1. The number of hydrogen-bond acceptors (Lipinski definition) is 3. The zero-order valence-electron chi connectivity index (χ0n) is 16.5. The Bertz CT molecular complexity index is 1170. The Morgan fingerprint density at radius 2 is 1.75 bits per heavy atom. The van der Waals surface area contributed by atoms with Crippen LogP contribution in [0.25, 0.3) is 6.08 Å². The summed E-state index contributed by atoms with van der Waals surface area (Å²) in [4.78, 5) is 12.3. The summed E-state index contributed by atoms with van der Waals surface area (Å²) in [5.41, 5.74) is 0.289. The van der Waals surface area contributed by atoms with Gasteiger partial charge in [-0.25, -0.2) is 0 Å². The minimum Gasteiger partial charge on any atom is -0.489 e. The van der Waals surface area contributed by atoms with E-state index in [0.717, 1.165) is 17.7 Å². The number of hydrogen-bond donors (Lipinski definition) is 1. The number of nitrogens with one attached hydrogen (secondary N) is 1. The summed E-state index contributed by atoms with van der Waals surface area (Å²) >= 11 is 5.85. The molecule has 3 rings (SSSR count). The molecular weight excluding hydrogens is 441 g/mol. The van der Waals surface area contributed by atoms with E-state index < -0.39 is 17.6 Å². The number of benzene rings is 3. The number of carbonyl (C=O) groups is 1. The molecule has 0 heterocycles. The van der Waals surface area contributed by atoms with Gasteiger partial charge in [-0.2, -0.15) is 18.4 Å². The van der Waals surface area contributed by atoms with Crippen molar-refractivity contribution in [1.82, 2.24) is 0 Å². The van der Waals surface area contributed by atoms with Crippen molar-refractivity contribution in [2.75, 3.05) is 5.32 Å². The molecule has 0 aliphatic carbocycles. The van der Waals surface area contributed by atoms with Gasteiger partial charge in [0.15, 0.2) is 0 Å². The number of amides is 1. The number of nitriles is 1. The van der Waals surface area contributed by atoms with Gasteiger partial charge in [0.05, 0.1) is 5.56 Å². The summed E-state index contributed by atoms with van der Waals surface area (Å²) in [7, 11) is 0. The normalized spacial score (nSPS) is 11.5. The van der Waals surface area contributed by atoms with Crippen LogP contribution in [0.15, 0.2) is 78.4 Å². The van der Waals surface area contributed by atoms with Crippen LogP contribution in [0.3, 0.4) is 0 Å². The van der Waals surface area contributed by atoms with Crippen molar-refractivity contribution in [3.63, 3.8) is 0 Å². The fourth-order valence-electron chi connectivity index (χ4n) is 2.69. The van der Waals surface area contributed by atoms with Gasteiger partial charge in [-0.3, -0.25) is 4.79 Å². The molecule has 1 amide bonds. The van der Waals surface area contributed by atoms with Crippen LogP contribution in [0.2, 0.25) is 5.02 Å². The van der Waals surface area contributed by atoms with E-state index in [0.29, 0.717) is 22.9 Å². The molecule has 0 unspecified atom stereocenters. The van der Waals surface area contributed by atoms with Crippen molar-refractivity contribution in [2.45, 2.75) is 12.8 Å². The fraction of sp³-hybridized carbons (Fsp3) is 0.0833. The van der Waals surface area contributed by atoms with Crippen LogP contribution < -0.4 is 10.1 Å². The first-order valence-corrected chi connectivity index (χ1v) is 9.70. The second-order valence-corrected chi connectivity index (χ2v) is 7.12. The van der Waals surface area contributed by atoms with Crippen LogP contribution in [-0.2, 0) is 17.6 Å². The topological polar surface area (TPSA) is 62.1 Å². The van der Waals surface area contributed by atoms with Gasteiger partial charge >= 0.3 is 6.18 Å². The van der Waals surface area contributed by atoms with E-state index in [9.17, 15) is 23.2 Å². The Morgan fingerprint density at radius 1 is 1.06 bits per heavy atom. The van der Waals surface area contributed by atoms with Crippen molar-refractivity contribution in [1.29, 1.82) is 5.26 Å². The summed E-state index contributed by atoms with van der Waals surface area (Å²) in [5.74, 6) is -0.223. The van der Waals surface area contributed by atoms with Crippen molar-refractivity contribution in [3.05, 3.63) is 100 Å². The van der Waals surface area contributed by atoms with Crippen molar-refractivity contribution < 1.29 is 22.7 Å². The molecule has 0 aromatic heterocycles. The number of nitrogens with zero attached hydrogens (tertiary/aromatic N) is 1. The van der Waals surface area contributed by atoms with Crippen molar-refractivity contribution in [3.8, 4) is 11.8 Å². The predicted octanol–water partition coefficient (Wildman–Crippen LogP) is 6.48. The molecule has 0 spiro atoms. The number of ether oxygens (including phenoxy) is 1. The van der Waals surface area contributed by atoms with Crippen LogP contribution in [0.4, 0.5) is 18.9 Å². The average molecular weight is 457 g/mol. The molecular formula is C24H16ClF3N2O2. The molecule has 32 heavy (non-hydrogen) atoms. The number of halogens is 4. The highest BCUT2D eigenvalue weighted by Crippen LogP contribution is 2.30. The maximum atomic E-state index is 12.8. The second kappa shape index (κ2) is 10.0. The third kappa shape index (κ3) is 6.37. The molecule has 8 heteroatoms. The summed E-state index contributed by atoms with van der Waals surface area (Å²) in [5, 5.41) is 12.3. The molecule has 3 aromatic carbocycles. The highest BCUT2D eigenvalue weighted by atomic mass is 35.5. The summed E-state index contributed by atoms with van der Waals surface area (Å²) in [6, 6.07) is 19.9. The van der Waals surface area contributed by atoms with E-state index in [1.807, 2.05) is 12.1 Å². The lowest BCUT2D eigenvalue weighted by atomic mass is 10.1. The first-order valence-electron chi connectivity index (χ1n) is 9.32. The van der Waals surface area contributed by atoms with E-state index in [1.54, 1.807) is 42.5 Å². The van der Waals surface area contributed by atoms with E-state index in [4.69, 9.17) is 16.3 Å². The molecule has 0 saturated carbocycles. The molecule has 0 saturated heterocycles. The predicted molar refractivity (Wildman–Crippen MR) is 116 cm³/mol. The maximum Gasteiger partial charge on any atom is 0.416 e. The largest absolute Gasteiger partial charge is 0.489 e. The molecule has 1 N–H and O–H groups in total. The maximum absolute atomic E-state index is 12.8. The molecule has 0 radical (unpaired) electrons. The Hall–Kier alpha value is -3.76. The number of alkyl halides is 3. The molecule has 0 aliphatic rings. The molecule has 3 aromatic rings. The minimum atomic E-state index is -4.54. The standard InChI is InChI=1S/C24H16ClF3N2O2/c25-20-8-4-17(5-9-20)15-32-22-10-6-16(7-11-22)12-18(14-29)23(31)30-21-3-1-2-19(13-21)24(26,27)28/h1-13H,15H2,(H,30,31)/b18-12+. The van der Waals surface area contributed by atoms with Gasteiger partial charge in [0.1, 0.15) is 24.0 Å². The van der Waals surface area contributed by atoms with E-state index in [-0.39, 0.29) is 11.3 Å². The summed E-state index contributed by atoms with van der Waals surface area (Å²) in [6.45, 7) is 0.342. The molecule has 0 atom stereocenters. The van der Waals surface area contributed by atoms with Gasteiger partial charge in [0.25, 0.3) is 5.91 Å². The molecule has 4 nitrogen and oxygen atoms in total. The van der Waals surface area contributed by atoms with Gasteiger partial charge in [0, 0.05) is 10.7 Å². The third-order valence-electron chi connectivity index (χ3n) is 4.32. The van der Waals surface area contributed by atoms with Crippen LogP contribution in [-0.4, -0.2) is 5.91 Å². The van der Waals surface area contributed by atoms with Crippen LogP contribution in [0, 0.1) is 11.3 Å². The Balaban J connectivity index is 1.66. The fourth-order valence-corrected chi connectivity index (χ4v) is 2.82.